The van der Waals surface area contributed by atoms with Crippen LogP contribution in [0.1, 0.15) is 33.1 Å². The number of rotatable bonds is 6. The molecule has 78 valence electrons. The van der Waals surface area contributed by atoms with Gasteiger partial charge >= 0.3 is 0 Å². The number of hydrogen-bond donors (Lipinski definition) is 2. The topological polar surface area (TPSA) is 55.1 Å². The van der Waals surface area contributed by atoms with Gasteiger partial charge in [-0.3, -0.25) is 4.79 Å². The highest BCUT2D eigenvalue weighted by atomic mass is 16.1. The molecule has 0 saturated carbocycles. The Morgan fingerprint density at radius 1 is 1.38 bits per heavy atom. The SMILES string of the molecule is CNC(=O)C(CCCCN)C(C)C. The van der Waals surface area contributed by atoms with Gasteiger partial charge in [-0.1, -0.05) is 20.3 Å². The number of carbonyl (C=O) groups excluding carboxylic acids is 1. The lowest BCUT2D eigenvalue weighted by molar-refractivity contribution is -0.126. The predicted octanol–water partition coefficient (Wildman–Crippen LogP) is 1.13. The highest BCUT2D eigenvalue weighted by Gasteiger charge is 2.19. The summed E-state index contributed by atoms with van der Waals surface area (Å²) < 4.78 is 0. The molecular formula is C10H22N2O. The number of amides is 1. The Hall–Kier alpha value is -0.570. The number of nitrogens with two attached hydrogens (primary N) is 1. The molecule has 3 nitrogen and oxygen atoms in total. The van der Waals surface area contributed by atoms with E-state index in [0.29, 0.717) is 5.92 Å². The zero-order valence-corrected chi connectivity index (χ0v) is 8.97. The minimum absolute atomic E-state index is 0.150. The molecule has 3 heteroatoms. The Morgan fingerprint density at radius 2 is 2.00 bits per heavy atom. The van der Waals surface area contributed by atoms with Crippen molar-refractivity contribution in [1.29, 1.82) is 0 Å². The molecule has 0 fully saturated rings. The number of nitrogens with one attached hydrogen (secondary N) is 1. The Balaban J connectivity index is 3.88. The summed E-state index contributed by atoms with van der Waals surface area (Å²) in [7, 11) is 1.70. The normalized spacial score (nSPS) is 13.0. The maximum Gasteiger partial charge on any atom is 0.223 e. The van der Waals surface area contributed by atoms with Gasteiger partial charge < -0.3 is 11.1 Å². The molecule has 0 aromatic heterocycles. The van der Waals surface area contributed by atoms with Crippen LogP contribution in [0, 0.1) is 11.8 Å². The fourth-order valence-corrected chi connectivity index (χ4v) is 1.46. The van der Waals surface area contributed by atoms with E-state index >= 15 is 0 Å². The van der Waals surface area contributed by atoms with Crippen molar-refractivity contribution in [2.24, 2.45) is 17.6 Å². The zero-order chi connectivity index (χ0) is 10.3. The first-order valence-electron chi connectivity index (χ1n) is 5.05. The molecule has 3 N–H and O–H groups in total. The molecule has 0 aromatic carbocycles. The minimum Gasteiger partial charge on any atom is -0.359 e. The molecule has 1 atom stereocenters. The lowest BCUT2D eigenvalue weighted by Crippen LogP contribution is -2.30. The smallest absolute Gasteiger partial charge is 0.223 e. The van der Waals surface area contributed by atoms with Gasteiger partial charge in [0.2, 0.25) is 5.91 Å². The van der Waals surface area contributed by atoms with E-state index in [-0.39, 0.29) is 11.8 Å². The van der Waals surface area contributed by atoms with Crippen molar-refractivity contribution >= 4 is 5.91 Å². The van der Waals surface area contributed by atoms with Crippen LogP contribution in [0.4, 0.5) is 0 Å². The van der Waals surface area contributed by atoms with Crippen LogP contribution >= 0.6 is 0 Å². The van der Waals surface area contributed by atoms with E-state index in [1.54, 1.807) is 7.05 Å². The minimum atomic E-state index is 0.150. The zero-order valence-electron chi connectivity index (χ0n) is 8.97. The summed E-state index contributed by atoms with van der Waals surface area (Å²) in [6.45, 7) is 4.89. The van der Waals surface area contributed by atoms with Crippen molar-refractivity contribution in [3.8, 4) is 0 Å². The van der Waals surface area contributed by atoms with Crippen LogP contribution in [-0.2, 0) is 4.79 Å². The molecule has 0 radical (unpaired) electrons. The summed E-state index contributed by atoms with van der Waals surface area (Å²) in [6.07, 6.45) is 3.02. The summed E-state index contributed by atoms with van der Waals surface area (Å²) in [6, 6.07) is 0. The number of hydrogen-bond acceptors (Lipinski definition) is 2. The molecule has 0 aliphatic rings. The lowest BCUT2D eigenvalue weighted by Gasteiger charge is -2.18. The van der Waals surface area contributed by atoms with Crippen LogP contribution in [0.15, 0.2) is 0 Å². The molecule has 0 aliphatic heterocycles. The third-order valence-corrected chi connectivity index (χ3v) is 2.36. The Kier molecular flexibility index (Phi) is 6.59. The quantitative estimate of drug-likeness (QED) is 0.611. The van der Waals surface area contributed by atoms with Crippen molar-refractivity contribution in [3.05, 3.63) is 0 Å². The van der Waals surface area contributed by atoms with Gasteiger partial charge in [0.1, 0.15) is 0 Å². The molecule has 0 aliphatic carbocycles. The van der Waals surface area contributed by atoms with Crippen LogP contribution in [0.25, 0.3) is 0 Å². The molecule has 0 aromatic rings. The summed E-state index contributed by atoms with van der Waals surface area (Å²) in [5.74, 6) is 0.723. The fraction of sp³-hybridized carbons (Fsp3) is 0.900. The van der Waals surface area contributed by atoms with E-state index in [0.717, 1.165) is 25.8 Å². The van der Waals surface area contributed by atoms with Crippen LogP contribution in [0.5, 0.6) is 0 Å². The van der Waals surface area contributed by atoms with Crippen LogP contribution < -0.4 is 11.1 Å². The van der Waals surface area contributed by atoms with E-state index in [2.05, 4.69) is 19.2 Å². The molecule has 0 heterocycles. The maximum absolute atomic E-state index is 11.4. The van der Waals surface area contributed by atoms with Gasteiger partial charge in [-0.2, -0.15) is 0 Å². The second kappa shape index (κ2) is 6.89. The first-order valence-corrected chi connectivity index (χ1v) is 5.05. The van der Waals surface area contributed by atoms with Crippen molar-refractivity contribution in [1.82, 2.24) is 5.32 Å². The second-order valence-corrected chi connectivity index (χ2v) is 3.75. The van der Waals surface area contributed by atoms with E-state index in [4.69, 9.17) is 5.73 Å². The average molecular weight is 186 g/mol. The third kappa shape index (κ3) is 4.88. The largest absolute Gasteiger partial charge is 0.359 e. The van der Waals surface area contributed by atoms with Gasteiger partial charge in [0.05, 0.1) is 0 Å². The summed E-state index contributed by atoms with van der Waals surface area (Å²) in [5.41, 5.74) is 5.40. The van der Waals surface area contributed by atoms with Crippen LogP contribution in [0.2, 0.25) is 0 Å². The van der Waals surface area contributed by atoms with Gasteiger partial charge in [0.15, 0.2) is 0 Å². The molecule has 13 heavy (non-hydrogen) atoms. The Labute approximate surface area is 81.1 Å². The average Bonchev–Trinajstić information content (AvgIpc) is 2.11. The number of unbranched alkanes of at least 4 members (excludes halogenated alkanes) is 1. The molecule has 1 unspecified atom stereocenters. The van der Waals surface area contributed by atoms with Crippen molar-refractivity contribution < 1.29 is 4.79 Å². The van der Waals surface area contributed by atoms with Crippen LogP contribution in [-0.4, -0.2) is 19.5 Å². The highest BCUT2D eigenvalue weighted by Crippen LogP contribution is 2.17. The maximum atomic E-state index is 11.4. The van der Waals surface area contributed by atoms with Gasteiger partial charge in [-0.25, -0.2) is 0 Å². The summed E-state index contributed by atoms with van der Waals surface area (Å²) in [5, 5.41) is 2.70. The lowest BCUT2D eigenvalue weighted by atomic mass is 9.90. The number of carbonyl (C=O) groups is 1. The second-order valence-electron chi connectivity index (χ2n) is 3.75. The Morgan fingerprint density at radius 3 is 2.38 bits per heavy atom. The van der Waals surface area contributed by atoms with Gasteiger partial charge in [0, 0.05) is 13.0 Å². The predicted molar refractivity (Wildman–Crippen MR) is 55.3 cm³/mol. The summed E-state index contributed by atoms with van der Waals surface area (Å²) in [4.78, 5) is 11.4. The van der Waals surface area contributed by atoms with Crippen molar-refractivity contribution in [3.63, 3.8) is 0 Å². The van der Waals surface area contributed by atoms with Gasteiger partial charge in [-0.15, -0.1) is 0 Å². The van der Waals surface area contributed by atoms with E-state index < -0.39 is 0 Å². The first-order chi connectivity index (χ1) is 6.13. The standard InChI is InChI=1S/C10H22N2O/c1-8(2)9(10(13)12-3)6-4-5-7-11/h8-9H,4-7,11H2,1-3H3,(H,12,13). The van der Waals surface area contributed by atoms with E-state index in [9.17, 15) is 4.79 Å². The highest BCUT2D eigenvalue weighted by molar-refractivity contribution is 5.78. The van der Waals surface area contributed by atoms with Gasteiger partial charge in [0.25, 0.3) is 0 Å². The van der Waals surface area contributed by atoms with Crippen LogP contribution in [0.3, 0.4) is 0 Å². The molecule has 1 amide bonds. The summed E-state index contributed by atoms with van der Waals surface area (Å²) >= 11 is 0. The third-order valence-electron chi connectivity index (χ3n) is 2.36. The molecule has 0 bridgehead atoms. The fourth-order valence-electron chi connectivity index (χ4n) is 1.46. The van der Waals surface area contributed by atoms with E-state index in [1.807, 2.05) is 0 Å². The monoisotopic (exact) mass is 186 g/mol. The Bertz CT molecular complexity index is 146. The van der Waals surface area contributed by atoms with Gasteiger partial charge in [-0.05, 0) is 25.3 Å². The van der Waals surface area contributed by atoms with Crippen molar-refractivity contribution in [2.45, 2.75) is 33.1 Å². The van der Waals surface area contributed by atoms with E-state index in [1.165, 1.54) is 0 Å². The molecule has 0 saturated heterocycles. The molecular weight excluding hydrogens is 164 g/mol. The molecule has 0 spiro atoms. The first kappa shape index (κ1) is 12.4. The van der Waals surface area contributed by atoms with Crippen molar-refractivity contribution in [2.75, 3.05) is 13.6 Å². The molecule has 0 rings (SSSR count).